The van der Waals surface area contributed by atoms with Crippen molar-refractivity contribution in [1.82, 2.24) is 0 Å². The van der Waals surface area contributed by atoms with E-state index in [1.807, 2.05) is 32.9 Å². The summed E-state index contributed by atoms with van der Waals surface area (Å²) in [5.74, 6) is -0.578. The van der Waals surface area contributed by atoms with Gasteiger partial charge >= 0.3 is 11.9 Å². The van der Waals surface area contributed by atoms with Crippen molar-refractivity contribution in [1.29, 1.82) is 0 Å². The van der Waals surface area contributed by atoms with Gasteiger partial charge in [-0.25, -0.2) is 0 Å². The third kappa shape index (κ3) is 3.37. The highest BCUT2D eigenvalue weighted by atomic mass is 16.5. The Morgan fingerprint density at radius 2 is 1.91 bits per heavy atom. The monoisotopic (exact) mass is 444 g/mol. The minimum absolute atomic E-state index is 0.0568. The predicted molar refractivity (Wildman–Crippen MR) is 118 cm³/mol. The van der Waals surface area contributed by atoms with Gasteiger partial charge in [0.15, 0.2) is 5.78 Å². The maximum absolute atomic E-state index is 12.6. The van der Waals surface area contributed by atoms with Crippen molar-refractivity contribution < 1.29 is 29.0 Å². The molecule has 4 aliphatic rings. The van der Waals surface area contributed by atoms with Crippen molar-refractivity contribution in [2.45, 2.75) is 84.8 Å². The Bertz CT molecular complexity index is 894. The summed E-state index contributed by atoms with van der Waals surface area (Å²) in [4.78, 5) is 36.5. The van der Waals surface area contributed by atoms with Gasteiger partial charge in [-0.3, -0.25) is 14.4 Å². The average Bonchev–Trinajstić information content (AvgIpc) is 2.97. The van der Waals surface area contributed by atoms with Crippen LogP contribution in [-0.4, -0.2) is 41.1 Å². The van der Waals surface area contributed by atoms with Crippen LogP contribution in [-0.2, 0) is 23.9 Å². The number of allylic oxidation sites excluding steroid dienone is 2. The summed E-state index contributed by atoms with van der Waals surface area (Å²) in [6, 6.07) is 0. The number of carbonyl (C=O) groups is 3. The lowest BCUT2D eigenvalue weighted by Crippen LogP contribution is -2.62. The van der Waals surface area contributed by atoms with Crippen LogP contribution in [0, 0.1) is 28.1 Å². The lowest BCUT2D eigenvalue weighted by molar-refractivity contribution is -0.196. The first-order chi connectivity index (χ1) is 14.8. The topological polar surface area (TPSA) is 89.9 Å². The minimum Gasteiger partial charge on any atom is -0.465 e. The molecule has 0 bridgehead atoms. The molecule has 0 saturated heterocycles. The van der Waals surface area contributed by atoms with Crippen LogP contribution in [0.1, 0.15) is 73.1 Å². The predicted octanol–water partition coefficient (Wildman–Crippen LogP) is 3.91. The van der Waals surface area contributed by atoms with Crippen LogP contribution < -0.4 is 0 Å². The first kappa shape index (κ1) is 23.2. The van der Waals surface area contributed by atoms with Crippen LogP contribution in [0.25, 0.3) is 0 Å². The Kier molecular flexibility index (Phi) is 5.47. The third-order valence-corrected chi connectivity index (χ3v) is 8.74. The summed E-state index contributed by atoms with van der Waals surface area (Å²) in [5, 5.41) is 12.1. The zero-order valence-electron chi connectivity index (χ0n) is 19.9. The molecule has 6 atom stereocenters. The molecule has 0 aromatic heterocycles. The molecule has 1 N–H and O–H groups in total. The van der Waals surface area contributed by atoms with E-state index in [0.29, 0.717) is 32.1 Å². The lowest BCUT2D eigenvalue weighted by atomic mass is 9.47. The summed E-state index contributed by atoms with van der Waals surface area (Å²) in [6.45, 7) is 9.21. The molecule has 6 heteroatoms. The highest BCUT2D eigenvalue weighted by Gasteiger charge is 2.68. The second kappa shape index (κ2) is 7.54. The van der Waals surface area contributed by atoms with Crippen molar-refractivity contribution in [3.63, 3.8) is 0 Å². The molecule has 0 radical (unpaired) electrons. The molecule has 0 heterocycles. The number of ketones is 1. The number of fused-ring (bicyclic) bond motifs is 5. The highest BCUT2D eigenvalue weighted by molar-refractivity contribution is 5.92. The standard InChI is InChI=1S/C26H36O6/c1-16(27)31-15-25-12-8-18(28)14-17(25)6-7-20-19(25)9-11-24(5)21(10-13-26(20,24)30)32-22(29)23(2,3)4/h6-7,14,19-21,30H,8-13,15H2,1-5H3/t19-,20+,21-,24+,25+,26-/m0/s1. The minimum atomic E-state index is -1.02. The smallest absolute Gasteiger partial charge is 0.311 e. The number of ether oxygens (including phenoxy) is 2. The first-order valence-electron chi connectivity index (χ1n) is 11.8. The fraction of sp³-hybridized carbons (Fsp3) is 0.731. The van der Waals surface area contributed by atoms with E-state index in [1.54, 1.807) is 6.08 Å². The van der Waals surface area contributed by atoms with Crippen LogP contribution in [0.5, 0.6) is 0 Å². The molecule has 2 fully saturated rings. The van der Waals surface area contributed by atoms with Crippen LogP contribution in [0.4, 0.5) is 0 Å². The Balaban J connectivity index is 1.69. The number of esters is 2. The van der Waals surface area contributed by atoms with E-state index in [9.17, 15) is 19.5 Å². The summed E-state index contributed by atoms with van der Waals surface area (Å²) in [6.07, 6.45) is 9.11. The van der Waals surface area contributed by atoms with Crippen LogP contribution >= 0.6 is 0 Å². The second-order valence-electron chi connectivity index (χ2n) is 11.6. The third-order valence-electron chi connectivity index (χ3n) is 8.74. The second-order valence-corrected chi connectivity index (χ2v) is 11.6. The lowest BCUT2D eigenvalue weighted by Gasteiger charge is -2.59. The molecule has 0 aromatic rings. The SMILES string of the molecule is CC(=O)OC[C@]12CCC(=O)C=C1C=C[C@@H]1[C@@H]2CC[C@]2(C)[C@@H](OC(=O)C(C)(C)C)CC[C@]12O. The molecule has 0 aliphatic heterocycles. The molecule has 0 spiro atoms. The Labute approximate surface area is 190 Å². The molecular formula is C26H36O6. The van der Waals surface area contributed by atoms with Crippen molar-refractivity contribution in [2.75, 3.05) is 6.61 Å². The van der Waals surface area contributed by atoms with Gasteiger partial charge in [0.2, 0.25) is 0 Å². The largest absolute Gasteiger partial charge is 0.465 e. The van der Waals surface area contributed by atoms with Crippen molar-refractivity contribution in [3.8, 4) is 0 Å². The van der Waals surface area contributed by atoms with Gasteiger partial charge in [-0.15, -0.1) is 0 Å². The molecule has 6 nitrogen and oxygen atoms in total. The van der Waals surface area contributed by atoms with Gasteiger partial charge in [-0.05, 0) is 70.4 Å². The average molecular weight is 445 g/mol. The molecule has 176 valence electrons. The summed E-state index contributed by atoms with van der Waals surface area (Å²) in [5.41, 5.74) is -1.71. The Morgan fingerprint density at radius 1 is 1.19 bits per heavy atom. The van der Waals surface area contributed by atoms with E-state index in [1.165, 1.54) is 6.92 Å². The van der Waals surface area contributed by atoms with Gasteiger partial charge in [0.1, 0.15) is 12.7 Å². The van der Waals surface area contributed by atoms with Gasteiger partial charge in [0.05, 0.1) is 11.0 Å². The normalized spacial score (nSPS) is 40.6. The number of hydrogen-bond acceptors (Lipinski definition) is 6. The van der Waals surface area contributed by atoms with Crippen molar-refractivity contribution in [3.05, 3.63) is 23.8 Å². The number of aliphatic hydroxyl groups is 1. The van der Waals surface area contributed by atoms with Gasteiger partial charge in [0.25, 0.3) is 0 Å². The number of hydrogen-bond donors (Lipinski definition) is 1. The highest BCUT2D eigenvalue weighted by Crippen LogP contribution is 2.66. The summed E-state index contributed by atoms with van der Waals surface area (Å²) < 4.78 is 11.5. The van der Waals surface area contributed by atoms with Crippen molar-refractivity contribution >= 4 is 17.7 Å². The Hall–Kier alpha value is -1.95. The van der Waals surface area contributed by atoms with E-state index in [0.717, 1.165) is 12.0 Å². The van der Waals surface area contributed by atoms with Crippen LogP contribution in [0.15, 0.2) is 23.8 Å². The van der Waals surface area contributed by atoms with Gasteiger partial charge in [0, 0.05) is 30.1 Å². The van der Waals surface area contributed by atoms with Gasteiger partial charge in [-0.1, -0.05) is 19.1 Å². The fourth-order valence-electron chi connectivity index (χ4n) is 6.73. The molecule has 0 unspecified atom stereocenters. The first-order valence-corrected chi connectivity index (χ1v) is 11.8. The molecule has 32 heavy (non-hydrogen) atoms. The zero-order valence-corrected chi connectivity index (χ0v) is 19.9. The zero-order chi connectivity index (χ0) is 23.5. The molecule has 2 saturated carbocycles. The number of carbonyl (C=O) groups excluding carboxylic acids is 3. The van der Waals surface area contributed by atoms with Crippen molar-refractivity contribution in [2.24, 2.45) is 28.1 Å². The van der Waals surface area contributed by atoms with Crippen LogP contribution in [0.3, 0.4) is 0 Å². The van der Waals surface area contributed by atoms with E-state index < -0.39 is 21.8 Å². The molecule has 0 aromatic carbocycles. The quantitative estimate of drug-likeness (QED) is 0.664. The van der Waals surface area contributed by atoms with Crippen LogP contribution in [0.2, 0.25) is 0 Å². The molecule has 4 aliphatic carbocycles. The fourth-order valence-corrected chi connectivity index (χ4v) is 6.73. The van der Waals surface area contributed by atoms with E-state index >= 15 is 0 Å². The molecule has 4 rings (SSSR count). The van der Waals surface area contributed by atoms with E-state index in [2.05, 4.69) is 6.92 Å². The summed E-state index contributed by atoms with van der Waals surface area (Å²) in [7, 11) is 0. The Morgan fingerprint density at radius 3 is 2.56 bits per heavy atom. The maximum atomic E-state index is 12.6. The molecule has 0 amide bonds. The van der Waals surface area contributed by atoms with E-state index in [-0.39, 0.29) is 42.3 Å². The molecular weight excluding hydrogens is 408 g/mol. The van der Waals surface area contributed by atoms with Gasteiger partial charge in [-0.2, -0.15) is 0 Å². The number of rotatable bonds is 3. The maximum Gasteiger partial charge on any atom is 0.311 e. The summed E-state index contributed by atoms with van der Waals surface area (Å²) >= 11 is 0. The van der Waals surface area contributed by atoms with Gasteiger partial charge < -0.3 is 14.6 Å². The van der Waals surface area contributed by atoms with E-state index in [4.69, 9.17) is 9.47 Å².